The van der Waals surface area contributed by atoms with Crippen LogP contribution in [0.4, 0.5) is 4.39 Å². The third-order valence-electron chi connectivity index (χ3n) is 6.61. The molecule has 0 spiro atoms. The summed E-state index contributed by atoms with van der Waals surface area (Å²) in [7, 11) is 1.32. The molecule has 1 N–H and O–H groups in total. The second-order valence-electron chi connectivity index (χ2n) is 8.92. The summed E-state index contributed by atoms with van der Waals surface area (Å²) < 4.78 is 31.3. The van der Waals surface area contributed by atoms with Crippen molar-refractivity contribution in [2.75, 3.05) is 13.7 Å². The summed E-state index contributed by atoms with van der Waals surface area (Å²) in [6, 6.07) is 17.1. The molecule has 8 heteroatoms. The largest absolute Gasteiger partial charge is 0.490 e. The third-order valence-corrected chi connectivity index (χ3v) is 7.30. The van der Waals surface area contributed by atoms with E-state index in [0.717, 1.165) is 5.56 Å². The van der Waals surface area contributed by atoms with E-state index in [1.54, 1.807) is 37.3 Å². The number of ether oxygens (including phenoxy) is 3. The monoisotopic (exact) mass is 577 g/mol. The van der Waals surface area contributed by atoms with Gasteiger partial charge in [0.1, 0.15) is 12.4 Å². The van der Waals surface area contributed by atoms with Gasteiger partial charge in [0.2, 0.25) is 0 Å². The van der Waals surface area contributed by atoms with Crippen LogP contribution in [-0.2, 0) is 16.1 Å². The summed E-state index contributed by atoms with van der Waals surface area (Å²) >= 11 is 3.65. The zero-order valence-corrected chi connectivity index (χ0v) is 22.6. The maximum Gasteiger partial charge on any atom is 0.336 e. The smallest absolute Gasteiger partial charge is 0.336 e. The molecule has 0 unspecified atom stereocenters. The fraction of sp³-hybridized carbons (Fsp3) is 0.200. The molecule has 0 saturated heterocycles. The standard InChI is InChI=1S/C30H25BrFNO5/c1-4-37-23-13-21(22(31)14-24(23)38-15-17-8-7-9-18(32)12-17)26-25(30(35)36-3)16(2)33-28-19-10-5-6-11-20(19)29(34)27(26)28/h5-14,26,33H,4,15H2,1-3H3/t26-/m0/s1. The highest BCUT2D eigenvalue weighted by Crippen LogP contribution is 2.50. The SMILES string of the molecule is CCOc1cc([C@H]2C(C(=O)OC)=C(C)NC3=C2C(=O)c2ccccc23)c(Br)cc1OCc1cccc(F)c1. The lowest BCUT2D eigenvalue weighted by molar-refractivity contribution is -0.136. The normalized spacial score (nSPS) is 16.1. The van der Waals surface area contributed by atoms with Gasteiger partial charge in [-0.25, -0.2) is 9.18 Å². The highest BCUT2D eigenvalue weighted by Gasteiger charge is 2.43. The van der Waals surface area contributed by atoms with Gasteiger partial charge in [0.05, 0.1) is 30.9 Å². The average molecular weight is 578 g/mol. The quantitative estimate of drug-likeness (QED) is 0.332. The molecule has 0 amide bonds. The van der Waals surface area contributed by atoms with Gasteiger partial charge in [-0.2, -0.15) is 0 Å². The first-order chi connectivity index (χ1) is 18.3. The lowest BCUT2D eigenvalue weighted by atomic mass is 9.79. The summed E-state index contributed by atoms with van der Waals surface area (Å²) in [5.41, 5.74) is 4.77. The molecule has 5 rings (SSSR count). The predicted molar refractivity (Wildman–Crippen MR) is 144 cm³/mol. The second-order valence-corrected chi connectivity index (χ2v) is 9.78. The van der Waals surface area contributed by atoms with Crippen molar-refractivity contribution < 1.29 is 28.2 Å². The number of rotatable bonds is 7. The predicted octanol–water partition coefficient (Wildman–Crippen LogP) is 6.31. The number of ketones is 1. The molecule has 0 fully saturated rings. The van der Waals surface area contributed by atoms with Crippen molar-refractivity contribution >= 4 is 33.4 Å². The highest BCUT2D eigenvalue weighted by atomic mass is 79.9. The van der Waals surface area contributed by atoms with Gasteiger partial charge in [0.15, 0.2) is 17.3 Å². The molecule has 0 bridgehead atoms. The molecule has 1 aliphatic heterocycles. The Morgan fingerprint density at radius 1 is 1.03 bits per heavy atom. The highest BCUT2D eigenvalue weighted by molar-refractivity contribution is 9.10. The van der Waals surface area contributed by atoms with E-state index in [2.05, 4.69) is 21.2 Å². The van der Waals surface area contributed by atoms with Gasteiger partial charge in [0.25, 0.3) is 0 Å². The minimum absolute atomic E-state index is 0.131. The molecule has 1 heterocycles. The number of hydrogen-bond donors (Lipinski definition) is 1. The second kappa shape index (κ2) is 10.5. The van der Waals surface area contributed by atoms with Gasteiger partial charge in [-0.05, 0) is 49.2 Å². The van der Waals surface area contributed by atoms with Crippen molar-refractivity contribution in [3.8, 4) is 11.5 Å². The number of carbonyl (C=O) groups excluding carboxylic acids is 2. The molecule has 1 atom stereocenters. The molecule has 194 valence electrons. The first kappa shape index (κ1) is 25.7. The van der Waals surface area contributed by atoms with Gasteiger partial charge in [0, 0.05) is 26.9 Å². The maximum absolute atomic E-state index is 13.7. The summed E-state index contributed by atoms with van der Waals surface area (Å²) in [5, 5.41) is 3.28. The van der Waals surface area contributed by atoms with Crippen LogP contribution in [0.2, 0.25) is 0 Å². The van der Waals surface area contributed by atoms with E-state index in [9.17, 15) is 14.0 Å². The number of nitrogens with one attached hydrogen (secondary N) is 1. The van der Waals surface area contributed by atoms with Crippen LogP contribution in [0.15, 0.2) is 82.0 Å². The zero-order valence-electron chi connectivity index (χ0n) is 21.1. The van der Waals surface area contributed by atoms with Crippen molar-refractivity contribution in [1.82, 2.24) is 5.32 Å². The Hall–Kier alpha value is -3.91. The van der Waals surface area contributed by atoms with E-state index in [4.69, 9.17) is 14.2 Å². The number of methoxy groups -OCH3 is 1. The Balaban J connectivity index is 1.62. The molecular weight excluding hydrogens is 553 g/mol. The number of dihydropyridines is 1. The van der Waals surface area contributed by atoms with Crippen molar-refractivity contribution in [2.45, 2.75) is 26.4 Å². The Morgan fingerprint density at radius 2 is 1.76 bits per heavy atom. The number of esters is 1. The van der Waals surface area contributed by atoms with E-state index in [-0.39, 0.29) is 18.2 Å². The van der Waals surface area contributed by atoms with Crippen LogP contribution in [0.3, 0.4) is 0 Å². The Kier molecular flexibility index (Phi) is 7.08. The van der Waals surface area contributed by atoms with Crippen LogP contribution in [0, 0.1) is 5.82 Å². The number of hydrogen-bond acceptors (Lipinski definition) is 6. The number of benzene rings is 3. The fourth-order valence-electron chi connectivity index (χ4n) is 4.96. The number of carbonyl (C=O) groups is 2. The molecule has 0 saturated carbocycles. The molecular formula is C30H25BrFNO5. The lowest BCUT2D eigenvalue weighted by Gasteiger charge is -2.30. The zero-order chi connectivity index (χ0) is 27.0. The molecule has 0 aromatic heterocycles. The molecule has 3 aromatic rings. The van der Waals surface area contributed by atoms with Gasteiger partial charge in [-0.3, -0.25) is 4.79 Å². The lowest BCUT2D eigenvalue weighted by Crippen LogP contribution is -2.29. The number of fused-ring (bicyclic) bond motifs is 2. The summed E-state index contributed by atoms with van der Waals surface area (Å²) in [6.07, 6.45) is 0. The van der Waals surface area contributed by atoms with Crippen molar-refractivity contribution in [3.05, 3.63) is 110 Å². The minimum atomic E-state index is -0.718. The van der Waals surface area contributed by atoms with Gasteiger partial charge < -0.3 is 19.5 Å². The van der Waals surface area contributed by atoms with E-state index < -0.39 is 11.9 Å². The summed E-state index contributed by atoms with van der Waals surface area (Å²) in [5.74, 6) is -0.874. The van der Waals surface area contributed by atoms with Gasteiger partial charge >= 0.3 is 5.97 Å². The average Bonchev–Trinajstić information content (AvgIpc) is 3.19. The molecule has 1 aliphatic carbocycles. The maximum atomic E-state index is 13.7. The molecule has 2 aliphatic rings. The Bertz CT molecular complexity index is 1530. The van der Waals surface area contributed by atoms with E-state index in [1.807, 2.05) is 25.1 Å². The van der Waals surface area contributed by atoms with Crippen molar-refractivity contribution in [2.24, 2.45) is 0 Å². The Morgan fingerprint density at radius 3 is 2.47 bits per heavy atom. The molecule has 6 nitrogen and oxygen atoms in total. The third kappa shape index (κ3) is 4.49. The summed E-state index contributed by atoms with van der Waals surface area (Å²) in [4.78, 5) is 26.7. The topological polar surface area (TPSA) is 73.9 Å². The Labute approximate surface area is 228 Å². The van der Waals surface area contributed by atoms with Crippen molar-refractivity contribution in [3.63, 3.8) is 0 Å². The number of halogens is 2. The fourth-order valence-corrected chi connectivity index (χ4v) is 5.51. The van der Waals surface area contributed by atoms with Gasteiger partial charge in [-0.1, -0.05) is 52.3 Å². The summed E-state index contributed by atoms with van der Waals surface area (Å²) in [6.45, 7) is 4.14. The van der Waals surface area contributed by atoms with Crippen LogP contribution in [-0.4, -0.2) is 25.5 Å². The van der Waals surface area contributed by atoms with Crippen LogP contribution in [0.25, 0.3) is 5.70 Å². The van der Waals surface area contributed by atoms with Crippen LogP contribution in [0.5, 0.6) is 11.5 Å². The van der Waals surface area contributed by atoms with Crippen LogP contribution < -0.4 is 14.8 Å². The minimum Gasteiger partial charge on any atom is -0.490 e. The van der Waals surface area contributed by atoms with Crippen molar-refractivity contribution in [1.29, 1.82) is 0 Å². The molecule has 3 aromatic carbocycles. The van der Waals surface area contributed by atoms with E-state index >= 15 is 0 Å². The van der Waals surface area contributed by atoms with Crippen LogP contribution >= 0.6 is 15.9 Å². The molecule has 38 heavy (non-hydrogen) atoms. The van der Waals surface area contributed by atoms with E-state index in [0.29, 0.717) is 61.8 Å². The first-order valence-corrected chi connectivity index (χ1v) is 12.9. The molecule has 0 radical (unpaired) electrons. The van der Waals surface area contributed by atoms with Gasteiger partial charge in [-0.15, -0.1) is 0 Å². The van der Waals surface area contributed by atoms with Crippen LogP contribution in [0.1, 0.15) is 46.8 Å². The van der Waals surface area contributed by atoms with E-state index in [1.165, 1.54) is 19.2 Å². The number of Topliss-reactive ketones (excluding diaryl/α,β-unsaturated/α-hetero) is 1. The first-order valence-electron chi connectivity index (χ1n) is 12.1. The number of allylic oxidation sites excluding steroid dienone is 2.